The molecule has 0 spiro atoms. The van der Waals surface area contributed by atoms with Crippen molar-refractivity contribution in [3.05, 3.63) is 29.8 Å². The van der Waals surface area contributed by atoms with Crippen LogP contribution in [0.5, 0.6) is 5.75 Å². The summed E-state index contributed by atoms with van der Waals surface area (Å²) in [6.45, 7) is 2.33. The first-order valence-corrected chi connectivity index (χ1v) is 6.34. The number of phenolic OH excluding ortho intramolecular Hbond substituents is 1. The summed E-state index contributed by atoms with van der Waals surface area (Å²) in [6.07, 6.45) is 6.14. The molecule has 1 fully saturated rings. The maximum absolute atomic E-state index is 9.68. The van der Waals surface area contributed by atoms with Crippen molar-refractivity contribution in [3.8, 4) is 5.75 Å². The summed E-state index contributed by atoms with van der Waals surface area (Å²) < 4.78 is 0. The summed E-state index contributed by atoms with van der Waals surface area (Å²) in [4.78, 5) is 0. The third-order valence-electron chi connectivity index (χ3n) is 3.51. The fraction of sp³-hybridized carbons (Fsp3) is 0.571. The Morgan fingerprint density at radius 3 is 2.94 bits per heavy atom. The lowest BCUT2D eigenvalue weighted by molar-refractivity contribution is 0.427. The fourth-order valence-corrected chi connectivity index (χ4v) is 2.46. The first-order valence-electron chi connectivity index (χ1n) is 6.34. The van der Waals surface area contributed by atoms with Crippen molar-refractivity contribution in [2.75, 3.05) is 13.1 Å². The molecule has 0 radical (unpaired) electrons. The smallest absolute Gasteiger partial charge is 0.118 e. The molecule has 1 aromatic rings. The summed E-state index contributed by atoms with van der Waals surface area (Å²) in [5.74, 6) is 1.28. The topological polar surface area (TPSA) is 32.3 Å². The normalized spacial score (nSPS) is 21.6. The van der Waals surface area contributed by atoms with E-state index in [0.29, 0.717) is 5.75 Å². The van der Waals surface area contributed by atoms with E-state index in [1.54, 1.807) is 6.07 Å². The first kappa shape index (κ1) is 11.5. The highest BCUT2D eigenvalue weighted by Gasteiger charge is 2.12. The van der Waals surface area contributed by atoms with Crippen molar-refractivity contribution < 1.29 is 5.11 Å². The molecule has 1 aliphatic heterocycles. The van der Waals surface area contributed by atoms with E-state index in [1.165, 1.54) is 32.2 Å². The number of nitrogens with one attached hydrogen (secondary N) is 1. The molecule has 88 valence electrons. The van der Waals surface area contributed by atoms with Gasteiger partial charge < -0.3 is 10.4 Å². The monoisotopic (exact) mass is 219 g/mol. The maximum Gasteiger partial charge on any atom is 0.118 e. The zero-order chi connectivity index (χ0) is 11.2. The Labute approximate surface area is 97.7 Å². The molecule has 2 heteroatoms. The van der Waals surface area contributed by atoms with Crippen LogP contribution in [0.1, 0.15) is 31.2 Å². The molecule has 0 amide bonds. The van der Waals surface area contributed by atoms with Crippen LogP contribution < -0.4 is 5.32 Å². The van der Waals surface area contributed by atoms with Gasteiger partial charge in [0, 0.05) is 0 Å². The van der Waals surface area contributed by atoms with Gasteiger partial charge in [0.25, 0.3) is 0 Å². The van der Waals surface area contributed by atoms with Gasteiger partial charge in [-0.2, -0.15) is 0 Å². The summed E-state index contributed by atoms with van der Waals surface area (Å²) in [7, 11) is 0. The van der Waals surface area contributed by atoms with E-state index in [1.807, 2.05) is 18.2 Å². The van der Waals surface area contributed by atoms with E-state index in [2.05, 4.69) is 5.32 Å². The third kappa shape index (κ3) is 3.24. The number of para-hydroxylation sites is 1. The lowest BCUT2D eigenvalue weighted by atomic mass is 9.93. The molecule has 2 nitrogen and oxygen atoms in total. The van der Waals surface area contributed by atoms with Gasteiger partial charge in [0.2, 0.25) is 0 Å². The Kier molecular flexibility index (Phi) is 4.23. The molecule has 0 saturated carbocycles. The Bertz CT molecular complexity index is 316. The van der Waals surface area contributed by atoms with Gasteiger partial charge in [0.05, 0.1) is 0 Å². The molecule has 16 heavy (non-hydrogen) atoms. The van der Waals surface area contributed by atoms with Crippen LogP contribution in [0, 0.1) is 5.92 Å². The SMILES string of the molecule is Oc1ccccc1CCC1CCCNCC1. The maximum atomic E-state index is 9.68. The van der Waals surface area contributed by atoms with E-state index in [-0.39, 0.29) is 0 Å². The minimum atomic E-state index is 0.453. The zero-order valence-electron chi connectivity index (χ0n) is 9.78. The number of hydrogen-bond acceptors (Lipinski definition) is 2. The number of aromatic hydroxyl groups is 1. The Morgan fingerprint density at radius 1 is 1.19 bits per heavy atom. The van der Waals surface area contributed by atoms with Crippen LogP contribution in [0.25, 0.3) is 0 Å². The molecule has 1 unspecified atom stereocenters. The van der Waals surface area contributed by atoms with Crippen molar-refractivity contribution in [1.29, 1.82) is 0 Å². The van der Waals surface area contributed by atoms with Crippen molar-refractivity contribution in [2.24, 2.45) is 5.92 Å². The van der Waals surface area contributed by atoms with Crippen LogP contribution in [-0.2, 0) is 6.42 Å². The van der Waals surface area contributed by atoms with Gasteiger partial charge in [0.15, 0.2) is 0 Å². The molecule has 1 saturated heterocycles. The number of hydrogen-bond donors (Lipinski definition) is 2. The highest BCUT2D eigenvalue weighted by atomic mass is 16.3. The number of phenols is 1. The summed E-state index contributed by atoms with van der Waals surface area (Å²) >= 11 is 0. The molecule has 1 heterocycles. The summed E-state index contributed by atoms with van der Waals surface area (Å²) in [5.41, 5.74) is 1.10. The fourth-order valence-electron chi connectivity index (χ4n) is 2.46. The van der Waals surface area contributed by atoms with Crippen LogP contribution in [0.15, 0.2) is 24.3 Å². The molecule has 0 aromatic heterocycles. The minimum absolute atomic E-state index is 0.453. The summed E-state index contributed by atoms with van der Waals surface area (Å²) in [6, 6.07) is 7.70. The Balaban J connectivity index is 1.84. The van der Waals surface area contributed by atoms with Crippen molar-refractivity contribution in [3.63, 3.8) is 0 Å². The van der Waals surface area contributed by atoms with E-state index in [4.69, 9.17) is 0 Å². The van der Waals surface area contributed by atoms with Crippen LogP contribution >= 0.6 is 0 Å². The van der Waals surface area contributed by atoms with Crippen LogP contribution in [0.3, 0.4) is 0 Å². The van der Waals surface area contributed by atoms with E-state index >= 15 is 0 Å². The predicted octanol–water partition coefficient (Wildman–Crippen LogP) is 2.71. The van der Waals surface area contributed by atoms with Crippen LogP contribution in [0.4, 0.5) is 0 Å². The molecule has 1 aliphatic rings. The molecule has 1 atom stereocenters. The van der Waals surface area contributed by atoms with Gasteiger partial charge in [-0.3, -0.25) is 0 Å². The average molecular weight is 219 g/mol. The number of aryl methyl sites for hydroxylation is 1. The van der Waals surface area contributed by atoms with Crippen LogP contribution in [0.2, 0.25) is 0 Å². The second-order valence-corrected chi connectivity index (χ2v) is 4.71. The van der Waals surface area contributed by atoms with Gasteiger partial charge >= 0.3 is 0 Å². The molecule has 2 rings (SSSR count). The highest BCUT2D eigenvalue weighted by Crippen LogP contribution is 2.23. The van der Waals surface area contributed by atoms with E-state index in [0.717, 1.165) is 24.4 Å². The molecule has 2 N–H and O–H groups in total. The third-order valence-corrected chi connectivity index (χ3v) is 3.51. The van der Waals surface area contributed by atoms with E-state index < -0.39 is 0 Å². The Hall–Kier alpha value is -1.02. The lowest BCUT2D eigenvalue weighted by Crippen LogP contribution is -2.14. The lowest BCUT2D eigenvalue weighted by Gasteiger charge is -2.13. The molecular weight excluding hydrogens is 198 g/mol. The standard InChI is InChI=1S/C14H21NO/c16-14-6-2-1-5-13(14)8-7-12-4-3-10-15-11-9-12/h1-2,5-6,12,15-16H,3-4,7-11H2. The second kappa shape index (κ2) is 5.90. The largest absolute Gasteiger partial charge is 0.508 e. The molecule has 1 aromatic carbocycles. The molecule has 0 aliphatic carbocycles. The van der Waals surface area contributed by atoms with Gasteiger partial charge in [-0.1, -0.05) is 18.2 Å². The minimum Gasteiger partial charge on any atom is -0.508 e. The first-order chi connectivity index (χ1) is 7.86. The number of rotatable bonds is 3. The van der Waals surface area contributed by atoms with Crippen molar-refractivity contribution >= 4 is 0 Å². The van der Waals surface area contributed by atoms with Gasteiger partial charge in [-0.15, -0.1) is 0 Å². The highest BCUT2D eigenvalue weighted by molar-refractivity contribution is 5.31. The van der Waals surface area contributed by atoms with E-state index in [9.17, 15) is 5.11 Å². The average Bonchev–Trinajstić information content (AvgIpc) is 2.56. The van der Waals surface area contributed by atoms with Crippen molar-refractivity contribution in [2.45, 2.75) is 32.1 Å². The second-order valence-electron chi connectivity index (χ2n) is 4.71. The molecular formula is C14H21NO. The van der Waals surface area contributed by atoms with Gasteiger partial charge in [-0.25, -0.2) is 0 Å². The summed E-state index contributed by atoms with van der Waals surface area (Å²) in [5, 5.41) is 13.1. The van der Waals surface area contributed by atoms with Gasteiger partial charge in [-0.05, 0) is 62.7 Å². The zero-order valence-corrected chi connectivity index (χ0v) is 9.78. The van der Waals surface area contributed by atoms with Crippen LogP contribution in [-0.4, -0.2) is 18.2 Å². The quantitative estimate of drug-likeness (QED) is 0.819. The van der Waals surface area contributed by atoms with Gasteiger partial charge in [0.1, 0.15) is 5.75 Å². The predicted molar refractivity (Wildman–Crippen MR) is 66.6 cm³/mol. The molecule has 0 bridgehead atoms. The number of benzene rings is 1. The Morgan fingerprint density at radius 2 is 2.06 bits per heavy atom. The van der Waals surface area contributed by atoms with Crippen molar-refractivity contribution in [1.82, 2.24) is 5.32 Å².